The molecule has 7 nitrogen and oxygen atoms in total. The summed E-state index contributed by atoms with van der Waals surface area (Å²) in [5.74, 6) is -0.887. The van der Waals surface area contributed by atoms with Crippen LogP contribution in [0.3, 0.4) is 0 Å². The van der Waals surface area contributed by atoms with Gasteiger partial charge in [-0.15, -0.1) is 11.8 Å². The number of hydrogen-bond donors (Lipinski definition) is 3. The number of nitrogens with zero attached hydrogens (tertiary/aromatic N) is 1. The van der Waals surface area contributed by atoms with E-state index in [1.54, 1.807) is 0 Å². The lowest BCUT2D eigenvalue weighted by Crippen LogP contribution is -2.58. The number of benzene rings is 2. The molecular weight excluding hydrogens is 450 g/mol. The minimum Gasteiger partial charge on any atom is -0.381 e. The van der Waals surface area contributed by atoms with Crippen LogP contribution in [0.25, 0.3) is 0 Å². The van der Waals surface area contributed by atoms with Crippen molar-refractivity contribution in [2.45, 2.75) is 63.6 Å². The Morgan fingerprint density at radius 2 is 1.76 bits per heavy atom. The van der Waals surface area contributed by atoms with E-state index < -0.39 is 28.8 Å². The molecule has 3 atom stereocenters. The first-order chi connectivity index (χ1) is 16.1. The van der Waals surface area contributed by atoms with E-state index in [0.29, 0.717) is 13.0 Å². The topological polar surface area (TPSA) is 98.7 Å². The van der Waals surface area contributed by atoms with Crippen molar-refractivity contribution >= 4 is 29.5 Å². The second-order valence-corrected chi connectivity index (χ2v) is 10.8. The summed E-state index contributed by atoms with van der Waals surface area (Å²) in [5, 5.41) is 16.7. The maximum absolute atomic E-state index is 13.4. The summed E-state index contributed by atoms with van der Waals surface area (Å²) < 4.78 is -0.534. The molecule has 0 bridgehead atoms. The molecular formula is C26H33N3O4S. The van der Waals surface area contributed by atoms with Crippen LogP contribution in [0.15, 0.2) is 54.6 Å². The van der Waals surface area contributed by atoms with Crippen molar-refractivity contribution in [3.63, 3.8) is 0 Å². The van der Waals surface area contributed by atoms with Gasteiger partial charge in [0.05, 0.1) is 11.9 Å². The molecule has 1 heterocycles. The van der Waals surface area contributed by atoms with Crippen LogP contribution in [0.1, 0.15) is 37.5 Å². The van der Waals surface area contributed by atoms with Crippen LogP contribution in [0.5, 0.6) is 0 Å². The van der Waals surface area contributed by atoms with Gasteiger partial charge in [0.1, 0.15) is 6.04 Å². The first-order valence-electron chi connectivity index (χ1n) is 11.4. The molecule has 8 heteroatoms. The van der Waals surface area contributed by atoms with E-state index in [2.05, 4.69) is 10.6 Å². The molecule has 3 amide bonds. The van der Waals surface area contributed by atoms with E-state index in [1.807, 2.05) is 75.4 Å². The number of amides is 3. The molecule has 2 aromatic rings. The molecule has 0 saturated carbocycles. The number of nitrogens with one attached hydrogen (secondary N) is 2. The molecule has 0 aromatic heterocycles. The molecule has 3 rings (SSSR count). The summed E-state index contributed by atoms with van der Waals surface area (Å²) in [7, 11) is 0. The fourth-order valence-corrected chi connectivity index (χ4v) is 5.35. The molecule has 34 heavy (non-hydrogen) atoms. The lowest BCUT2D eigenvalue weighted by molar-refractivity contribution is -0.147. The summed E-state index contributed by atoms with van der Waals surface area (Å²) >= 11 is 1.49. The molecule has 1 saturated heterocycles. The molecule has 0 aliphatic carbocycles. The predicted octanol–water partition coefficient (Wildman–Crippen LogP) is 2.40. The van der Waals surface area contributed by atoms with Gasteiger partial charge in [0, 0.05) is 18.2 Å². The van der Waals surface area contributed by atoms with Crippen LogP contribution in [-0.2, 0) is 27.3 Å². The highest BCUT2D eigenvalue weighted by Crippen LogP contribution is 2.39. The summed E-state index contributed by atoms with van der Waals surface area (Å²) in [5.41, 5.74) is 2.97. The maximum atomic E-state index is 13.4. The summed E-state index contributed by atoms with van der Waals surface area (Å²) in [6, 6.07) is 15.6. The molecule has 0 radical (unpaired) electrons. The van der Waals surface area contributed by atoms with Gasteiger partial charge in [-0.25, -0.2) is 0 Å². The van der Waals surface area contributed by atoms with Gasteiger partial charge in [-0.3, -0.25) is 14.4 Å². The van der Waals surface area contributed by atoms with Crippen LogP contribution in [0.2, 0.25) is 0 Å². The zero-order valence-corrected chi connectivity index (χ0v) is 20.9. The predicted molar refractivity (Wildman–Crippen MR) is 134 cm³/mol. The van der Waals surface area contributed by atoms with Crippen molar-refractivity contribution in [2.24, 2.45) is 0 Å². The summed E-state index contributed by atoms with van der Waals surface area (Å²) in [6.45, 7) is 7.54. The number of hydrogen-bond acceptors (Lipinski definition) is 5. The van der Waals surface area contributed by atoms with Crippen LogP contribution >= 0.6 is 11.8 Å². The third kappa shape index (κ3) is 6.18. The molecule has 2 aromatic carbocycles. The standard InChI is InChI=1S/C26H33N3O4S/c1-17-10-8-9-13-20(17)15-27-24(32)23-26(3,4)34-16-29(23)25(33)22(31)21(28-18(2)30)14-19-11-6-5-7-12-19/h5-13,21-23,31H,14-16H2,1-4H3,(H,27,32)(H,28,30). The van der Waals surface area contributed by atoms with E-state index in [1.165, 1.54) is 23.6 Å². The van der Waals surface area contributed by atoms with Crippen molar-refractivity contribution in [1.82, 2.24) is 15.5 Å². The molecule has 1 aliphatic heterocycles. The Morgan fingerprint density at radius 1 is 1.12 bits per heavy atom. The minimum atomic E-state index is -1.48. The van der Waals surface area contributed by atoms with Crippen molar-refractivity contribution in [2.75, 3.05) is 5.88 Å². The number of carbonyl (C=O) groups excluding carboxylic acids is 3. The van der Waals surface area contributed by atoms with Crippen molar-refractivity contribution in [3.05, 3.63) is 71.3 Å². The van der Waals surface area contributed by atoms with Crippen molar-refractivity contribution in [1.29, 1.82) is 0 Å². The first-order valence-corrected chi connectivity index (χ1v) is 12.3. The Kier molecular flexibility index (Phi) is 8.38. The van der Waals surface area contributed by atoms with Gasteiger partial charge in [-0.2, -0.15) is 0 Å². The second-order valence-electron chi connectivity index (χ2n) is 9.17. The van der Waals surface area contributed by atoms with Gasteiger partial charge < -0.3 is 20.6 Å². The van der Waals surface area contributed by atoms with E-state index in [-0.39, 0.29) is 17.7 Å². The van der Waals surface area contributed by atoms with Gasteiger partial charge in [0.15, 0.2) is 6.10 Å². The molecule has 1 fully saturated rings. The average Bonchev–Trinajstić information content (AvgIpc) is 3.12. The van der Waals surface area contributed by atoms with Gasteiger partial charge in [0.25, 0.3) is 5.91 Å². The monoisotopic (exact) mass is 483 g/mol. The number of aliphatic hydroxyl groups is 1. The average molecular weight is 484 g/mol. The SMILES string of the molecule is CC(=O)NC(Cc1ccccc1)C(O)C(=O)N1CSC(C)(C)C1C(=O)NCc1ccccc1C. The lowest BCUT2D eigenvalue weighted by Gasteiger charge is -2.33. The highest BCUT2D eigenvalue weighted by atomic mass is 32.2. The van der Waals surface area contributed by atoms with E-state index in [4.69, 9.17) is 0 Å². The third-order valence-corrected chi connectivity index (χ3v) is 7.49. The van der Waals surface area contributed by atoms with Crippen LogP contribution in [0.4, 0.5) is 0 Å². The number of rotatable bonds is 8. The Bertz CT molecular complexity index is 1030. The zero-order valence-electron chi connectivity index (χ0n) is 20.1. The van der Waals surface area contributed by atoms with Gasteiger partial charge in [0.2, 0.25) is 11.8 Å². The summed E-state index contributed by atoms with van der Waals surface area (Å²) in [6.07, 6.45) is -1.19. The smallest absolute Gasteiger partial charge is 0.254 e. The number of thioether (sulfide) groups is 1. The van der Waals surface area contributed by atoms with Crippen molar-refractivity contribution in [3.8, 4) is 0 Å². The zero-order chi connectivity index (χ0) is 24.9. The molecule has 1 aliphatic rings. The molecule has 182 valence electrons. The Hall–Kier alpha value is -2.84. The fraction of sp³-hybridized carbons (Fsp3) is 0.423. The van der Waals surface area contributed by atoms with Crippen LogP contribution < -0.4 is 10.6 Å². The van der Waals surface area contributed by atoms with Crippen LogP contribution in [0, 0.1) is 6.92 Å². The Labute approximate surface area is 205 Å². The second kappa shape index (κ2) is 11.1. The third-order valence-electron chi connectivity index (χ3n) is 6.11. The molecule has 3 N–H and O–H groups in total. The molecule has 3 unspecified atom stereocenters. The van der Waals surface area contributed by atoms with Gasteiger partial charge in [-0.1, -0.05) is 54.6 Å². The normalized spacial score (nSPS) is 18.7. The van der Waals surface area contributed by atoms with E-state index in [0.717, 1.165) is 16.7 Å². The Balaban J connectivity index is 1.76. The van der Waals surface area contributed by atoms with E-state index >= 15 is 0 Å². The quantitative estimate of drug-likeness (QED) is 0.536. The van der Waals surface area contributed by atoms with E-state index in [9.17, 15) is 19.5 Å². The fourth-order valence-electron chi connectivity index (χ4n) is 4.21. The largest absolute Gasteiger partial charge is 0.381 e. The van der Waals surface area contributed by atoms with Gasteiger partial charge in [-0.05, 0) is 43.9 Å². The van der Waals surface area contributed by atoms with Crippen LogP contribution in [-0.4, -0.2) is 56.5 Å². The maximum Gasteiger partial charge on any atom is 0.254 e. The van der Waals surface area contributed by atoms with Crippen molar-refractivity contribution < 1.29 is 19.5 Å². The summed E-state index contributed by atoms with van der Waals surface area (Å²) in [4.78, 5) is 39.9. The minimum absolute atomic E-state index is 0.266. The Morgan fingerprint density at radius 3 is 2.41 bits per heavy atom. The molecule has 0 spiro atoms. The lowest BCUT2D eigenvalue weighted by atomic mass is 9.97. The number of aryl methyl sites for hydroxylation is 1. The number of carbonyl (C=O) groups is 3. The number of aliphatic hydroxyl groups excluding tert-OH is 1. The van der Waals surface area contributed by atoms with Gasteiger partial charge >= 0.3 is 0 Å². The highest BCUT2D eigenvalue weighted by molar-refractivity contribution is 8.00. The highest BCUT2D eigenvalue weighted by Gasteiger charge is 2.49. The first kappa shape index (κ1) is 25.8.